The second kappa shape index (κ2) is 8.86. The SMILES string of the molecule is O=C(NCc1ccccn1)[C@@H]1CN(C(=O)c2ccccc2)C[C@H]1c1cccc(F)c1. The number of amides is 2. The Morgan fingerprint density at radius 3 is 2.53 bits per heavy atom. The zero-order valence-electron chi connectivity index (χ0n) is 16.4. The average molecular weight is 403 g/mol. The molecule has 152 valence electrons. The molecule has 0 unspecified atom stereocenters. The number of nitrogens with one attached hydrogen (secondary N) is 1. The molecule has 2 heterocycles. The average Bonchev–Trinajstić information content (AvgIpc) is 3.24. The van der Waals surface area contributed by atoms with E-state index >= 15 is 0 Å². The summed E-state index contributed by atoms with van der Waals surface area (Å²) in [6.45, 7) is 0.945. The lowest BCUT2D eigenvalue weighted by Gasteiger charge is -2.18. The smallest absolute Gasteiger partial charge is 0.253 e. The number of carbonyl (C=O) groups is 2. The van der Waals surface area contributed by atoms with Crippen LogP contribution in [0.1, 0.15) is 27.5 Å². The van der Waals surface area contributed by atoms with Crippen molar-refractivity contribution >= 4 is 11.8 Å². The standard InChI is InChI=1S/C24H22FN3O2/c25-19-10-6-9-18(13-19)21-15-28(24(30)17-7-2-1-3-8-17)16-22(21)23(29)27-14-20-11-4-5-12-26-20/h1-13,21-22H,14-16H2,(H,27,29)/t21-,22+/m0/s1. The van der Waals surface area contributed by atoms with Crippen molar-refractivity contribution in [3.8, 4) is 0 Å². The Morgan fingerprint density at radius 2 is 1.80 bits per heavy atom. The van der Waals surface area contributed by atoms with Crippen molar-refractivity contribution in [2.24, 2.45) is 5.92 Å². The van der Waals surface area contributed by atoms with Gasteiger partial charge in [0, 0.05) is 30.8 Å². The summed E-state index contributed by atoms with van der Waals surface area (Å²) in [5, 5.41) is 2.92. The predicted molar refractivity (Wildman–Crippen MR) is 111 cm³/mol. The maximum Gasteiger partial charge on any atom is 0.253 e. The number of rotatable bonds is 5. The largest absolute Gasteiger partial charge is 0.350 e. The Bertz CT molecular complexity index is 1030. The van der Waals surface area contributed by atoms with Crippen molar-refractivity contribution in [1.29, 1.82) is 0 Å². The van der Waals surface area contributed by atoms with Crippen molar-refractivity contribution in [2.45, 2.75) is 12.5 Å². The molecule has 2 amide bonds. The van der Waals surface area contributed by atoms with Crippen molar-refractivity contribution < 1.29 is 14.0 Å². The maximum absolute atomic E-state index is 13.8. The summed E-state index contributed by atoms with van der Waals surface area (Å²) in [4.78, 5) is 31.9. The van der Waals surface area contributed by atoms with Gasteiger partial charge in [0.25, 0.3) is 5.91 Å². The molecule has 0 spiro atoms. The monoisotopic (exact) mass is 403 g/mol. The molecule has 0 bridgehead atoms. The molecule has 1 aliphatic rings. The van der Waals surface area contributed by atoms with Crippen LogP contribution < -0.4 is 5.32 Å². The van der Waals surface area contributed by atoms with E-state index in [4.69, 9.17) is 0 Å². The summed E-state index contributed by atoms with van der Waals surface area (Å²) in [6.07, 6.45) is 1.67. The highest BCUT2D eigenvalue weighted by Crippen LogP contribution is 2.34. The first-order chi connectivity index (χ1) is 14.6. The summed E-state index contributed by atoms with van der Waals surface area (Å²) in [5.41, 5.74) is 2.05. The Balaban J connectivity index is 1.55. The van der Waals surface area contributed by atoms with Gasteiger partial charge in [-0.15, -0.1) is 0 Å². The summed E-state index contributed by atoms with van der Waals surface area (Å²) in [5.74, 6) is -1.40. The van der Waals surface area contributed by atoms with Crippen molar-refractivity contribution in [3.63, 3.8) is 0 Å². The van der Waals surface area contributed by atoms with Crippen LogP contribution in [0.25, 0.3) is 0 Å². The van der Waals surface area contributed by atoms with Crippen LogP contribution in [0.4, 0.5) is 4.39 Å². The lowest BCUT2D eigenvalue weighted by Crippen LogP contribution is -2.35. The fraction of sp³-hybridized carbons (Fsp3) is 0.208. The van der Waals surface area contributed by atoms with Crippen LogP contribution >= 0.6 is 0 Å². The molecule has 2 aromatic carbocycles. The van der Waals surface area contributed by atoms with E-state index in [0.29, 0.717) is 18.7 Å². The van der Waals surface area contributed by atoms with Crippen LogP contribution in [0.2, 0.25) is 0 Å². The predicted octanol–water partition coefficient (Wildman–Crippen LogP) is 3.39. The molecule has 6 heteroatoms. The third-order valence-corrected chi connectivity index (χ3v) is 5.41. The minimum Gasteiger partial charge on any atom is -0.350 e. The van der Waals surface area contributed by atoms with E-state index in [-0.39, 0.29) is 30.1 Å². The van der Waals surface area contributed by atoms with E-state index in [1.807, 2.05) is 42.5 Å². The molecular weight excluding hydrogens is 381 g/mol. The zero-order valence-corrected chi connectivity index (χ0v) is 16.4. The van der Waals surface area contributed by atoms with E-state index in [2.05, 4.69) is 10.3 Å². The van der Waals surface area contributed by atoms with Crippen LogP contribution in [0.15, 0.2) is 79.0 Å². The lowest BCUT2D eigenvalue weighted by atomic mass is 9.88. The highest BCUT2D eigenvalue weighted by atomic mass is 19.1. The molecule has 0 aliphatic carbocycles. The van der Waals surface area contributed by atoms with Gasteiger partial charge in [0.15, 0.2) is 0 Å². The fourth-order valence-electron chi connectivity index (χ4n) is 3.89. The van der Waals surface area contributed by atoms with E-state index in [1.54, 1.807) is 29.3 Å². The highest BCUT2D eigenvalue weighted by molar-refractivity contribution is 5.95. The minimum absolute atomic E-state index is 0.128. The molecule has 5 nitrogen and oxygen atoms in total. The molecule has 0 radical (unpaired) electrons. The van der Waals surface area contributed by atoms with Crippen molar-refractivity contribution in [1.82, 2.24) is 15.2 Å². The van der Waals surface area contributed by atoms with Gasteiger partial charge in [0.05, 0.1) is 18.2 Å². The van der Waals surface area contributed by atoms with Gasteiger partial charge < -0.3 is 10.2 Å². The molecule has 0 saturated carbocycles. The molecule has 3 aromatic rings. The van der Waals surface area contributed by atoms with Gasteiger partial charge in [0.1, 0.15) is 5.82 Å². The molecule has 1 N–H and O–H groups in total. The van der Waals surface area contributed by atoms with Crippen LogP contribution in [0.3, 0.4) is 0 Å². The highest BCUT2D eigenvalue weighted by Gasteiger charge is 2.40. The van der Waals surface area contributed by atoms with E-state index in [1.165, 1.54) is 12.1 Å². The second-order valence-corrected chi connectivity index (χ2v) is 7.38. The molecule has 4 rings (SSSR count). The van der Waals surface area contributed by atoms with Gasteiger partial charge in [-0.25, -0.2) is 4.39 Å². The first-order valence-corrected chi connectivity index (χ1v) is 9.89. The Hall–Kier alpha value is -3.54. The summed E-state index contributed by atoms with van der Waals surface area (Å²) in [7, 11) is 0. The topological polar surface area (TPSA) is 62.3 Å². The fourth-order valence-corrected chi connectivity index (χ4v) is 3.89. The number of nitrogens with zero attached hydrogens (tertiary/aromatic N) is 2. The third kappa shape index (κ3) is 4.38. The molecule has 1 saturated heterocycles. The molecule has 2 atom stereocenters. The number of pyridine rings is 1. The molecule has 30 heavy (non-hydrogen) atoms. The summed E-state index contributed by atoms with van der Waals surface area (Å²) in [6, 6.07) is 20.8. The summed E-state index contributed by atoms with van der Waals surface area (Å²) < 4.78 is 13.8. The normalized spacial score (nSPS) is 18.2. The van der Waals surface area contributed by atoms with Gasteiger partial charge in [0.2, 0.25) is 5.91 Å². The molecular formula is C24H22FN3O2. The first-order valence-electron chi connectivity index (χ1n) is 9.89. The number of likely N-dealkylation sites (tertiary alicyclic amines) is 1. The van der Waals surface area contributed by atoms with E-state index in [0.717, 1.165) is 11.3 Å². The van der Waals surface area contributed by atoms with Crippen molar-refractivity contribution in [2.75, 3.05) is 13.1 Å². The van der Waals surface area contributed by atoms with Gasteiger partial charge in [-0.3, -0.25) is 14.6 Å². The van der Waals surface area contributed by atoms with Gasteiger partial charge >= 0.3 is 0 Å². The minimum atomic E-state index is -0.469. The molecule has 1 aliphatic heterocycles. The van der Waals surface area contributed by atoms with Gasteiger partial charge in [-0.1, -0.05) is 36.4 Å². The second-order valence-electron chi connectivity index (χ2n) is 7.38. The maximum atomic E-state index is 13.8. The number of aromatic nitrogens is 1. The molecule has 1 aromatic heterocycles. The Morgan fingerprint density at radius 1 is 1.00 bits per heavy atom. The van der Waals surface area contributed by atoms with Gasteiger partial charge in [-0.2, -0.15) is 0 Å². The first kappa shape index (κ1) is 19.8. The van der Waals surface area contributed by atoms with Crippen LogP contribution in [0, 0.1) is 11.7 Å². The zero-order chi connectivity index (χ0) is 20.9. The number of carbonyl (C=O) groups excluding carboxylic acids is 2. The van der Waals surface area contributed by atoms with Crippen LogP contribution in [-0.4, -0.2) is 34.8 Å². The molecule has 1 fully saturated rings. The quantitative estimate of drug-likeness (QED) is 0.710. The van der Waals surface area contributed by atoms with Crippen LogP contribution in [-0.2, 0) is 11.3 Å². The third-order valence-electron chi connectivity index (χ3n) is 5.41. The number of halogens is 1. The van der Waals surface area contributed by atoms with E-state index in [9.17, 15) is 14.0 Å². The van der Waals surface area contributed by atoms with E-state index < -0.39 is 5.92 Å². The number of benzene rings is 2. The summed E-state index contributed by atoms with van der Waals surface area (Å²) >= 11 is 0. The van der Waals surface area contributed by atoms with Crippen molar-refractivity contribution in [3.05, 3.63) is 102 Å². The number of hydrogen-bond acceptors (Lipinski definition) is 3. The Labute approximate surface area is 174 Å². The van der Waals surface area contributed by atoms with Gasteiger partial charge in [-0.05, 0) is 42.0 Å². The number of hydrogen-bond donors (Lipinski definition) is 1. The lowest BCUT2D eigenvalue weighted by molar-refractivity contribution is -0.125. The van der Waals surface area contributed by atoms with Crippen LogP contribution in [0.5, 0.6) is 0 Å². The Kier molecular flexibility index (Phi) is 5.84.